The third-order valence-electron chi connectivity index (χ3n) is 4.17. The SMILES string of the molecule is Cc1nc(SCC(=O)Nc2ccccc2C(=O)NC(C)C)n(CC(C)C)c1C. The Morgan fingerprint density at radius 3 is 2.46 bits per heavy atom. The molecule has 0 radical (unpaired) electrons. The van der Waals surface area contributed by atoms with E-state index in [4.69, 9.17) is 0 Å². The average molecular weight is 403 g/mol. The molecule has 0 spiro atoms. The smallest absolute Gasteiger partial charge is 0.253 e. The van der Waals surface area contributed by atoms with Crippen LogP contribution >= 0.6 is 11.8 Å². The van der Waals surface area contributed by atoms with Gasteiger partial charge in [0.1, 0.15) is 0 Å². The Kier molecular flexibility index (Phi) is 7.69. The molecule has 0 unspecified atom stereocenters. The summed E-state index contributed by atoms with van der Waals surface area (Å²) in [5.74, 6) is 0.363. The van der Waals surface area contributed by atoms with Crippen molar-refractivity contribution >= 4 is 29.3 Å². The number of para-hydroxylation sites is 1. The number of thioether (sulfide) groups is 1. The van der Waals surface area contributed by atoms with E-state index < -0.39 is 0 Å². The van der Waals surface area contributed by atoms with Gasteiger partial charge in [0.25, 0.3) is 5.91 Å². The van der Waals surface area contributed by atoms with Crippen LogP contribution in [0.25, 0.3) is 0 Å². The van der Waals surface area contributed by atoms with Gasteiger partial charge in [-0.15, -0.1) is 0 Å². The van der Waals surface area contributed by atoms with Crippen molar-refractivity contribution in [2.24, 2.45) is 5.92 Å². The first-order chi connectivity index (χ1) is 13.2. The highest BCUT2D eigenvalue weighted by Crippen LogP contribution is 2.23. The van der Waals surface area contributed by atoms with Crippen LogP contribution in [-0.2, 0) is 11.3 Å². The third-order valence-corrected chi connectivity index (χ3v) is 5.14. The molecule has 2 aromatic rings. The van der Waals surface area contributed by atoms with Crippen molar-refractivity contribution in [1.82, 2.24) is 14.9 Å². The van der Waals surface area contributed by atoms with Crippen molar-refractivity contribution < 1.29 is 9.59 Å². The minimum atomic E-state index is -0.197. The fraction of sp³-hybridized carbons (Fsp3) is 0.476. The number of hydrogen-bond acceptors (Lipinski definition) is 4. The average Bonchev–Trinajstić information content (AvgIpc) is 2.87. The first kappa shape index (κ1) is 22.0. The van der Waals surface area contributed by atoms with Gasteiger partial charge in [-0.3, -0.25) is 9.59 Å². The number of nitrogens with one attached hydrogen (secondary N) is 2. The number of imidazole rings is 1. The normalized spacial score (nSPS) is 11.1. The maximum Gasteiger partial charge on any atom is 0.253 e. The molecule has 2 rings (SSSR count). The molecule has 2 amide bonds. The Morgan fingerprint density at radius 1 is 1.14 bits per heavy atom. The number of rotatable bonds is 8. The summed E-state index contributed by atoms with van der Waals surface area (Å²) in [4.78, 5) is 29.5. The van der Waals surface area contributed by atoms with Crippen LogP contribution in [0.4, 0.5) is 5.69 Å². The minimum Gasteiger partial charge on any atom is -0.350 e. The molecular formula is C21H30N4O2S. The largest absolute Gasteiger partial charge is 0.350 e. The van der Waals surface area contributed by atoms with Crippen LogP contribution in [0.5, 0.6) is 0 Å². The molecule has 0 fully saturated rings. The van der Waals surface area contributed by atoms with E-state index >= 15 is 0 Å². The van der Waals surface area contributed by atoms with Gasteiger partial charge in [-0.1, -0.05) is 37.7 Å². The molecular weight excluding hydrogens is 372 g/mol. The van der Waals surface area contributed by atoms with Gasteiger partial charge < -0.3 is 15.2 Å². The lowest BCUT2D eigenvalue weighted by atomic mass is 10.1. The summed E-state index contributed by atoms with van der Waals surface area (Å²) in [6.07, 6.45) is 0. The Morgan fingerprint density at radius 2 is 1.82 bits per heavy atom. The van der Waals surface area contributed by atoms with Gasteiger partial charge in [0.05, 0.1) is 22.7 Å². The van der Waals surface area contributed by atoms with E-state index in [-0.39, 0.29) is 23.6 Å². The van der Waals surface area contributed by atoms with Crippen LogP contribution in [0.15, 0.2) is 29.4 Å². The maximum absolute atomic E-state index is 12.5. The van der Waals surface area contributed by atoms with Gasteiger partial charge >= 0.3 is 0 Å². The van der Waals surface area contributed by atoms with E-state index in [0.29, 0.717) is 17.2 Å². The molecule has 0 aliphatic carbocycles. The van der Waals surface area contributed by atoms with E-state index in [2.05, 4.69) is 41.0 Å². The molecule has 1 aromatic carbocycles. The van der Waals surface area contributed by atoms with Gasteiger partial charge in [-0.2, -0.15) is 0 Å². The van der Waals surface area contributed by atoms with E-state index in [9.17, 15) is 9.59 Å². The number of benzene rings is 1. The van der Waals surface area contributed by atoms with Gasteiger partial charge in [0.2, 0.25) is 5.91 Å². The van der Waals surface area contributed by atoms with Crippen LogP contribution in [0, 0.1) is 19.8 Å². The molecule has 2 N–H and O–H groups in total. The van der Waals surface area contributed by atoms with E-state index in [0.717, 1.165) is 23.1 Å². The highest BCUT2D eigenvalue weighted by molar-refractivity contribution is 7.99. The number of carbonyl (C=O) groups is 2. The molecule has 0 saturated heterocycles. The summed E-state index contributed by atoms with van der Waals surface area (Å²) >= 11 is 1.42. The number of hydrogen-bond donors (Lipinski definition) is 2. The predicted octanol–water partition coefficient (Wildman–Crippen LogP) is 4.02. The quantitative estimate of drug-likeness (QED) is 0.654. The number of carbonyl (C=O) groups excluding carboxylic acids is 2. The highest BCUT2D eigenvalue weighted by Gasteiger charge is 2.16. The lowest BCUT2D eigenvalue weighted by Gasteiger charge is -2.14. The van der Waals surface area contributed by atoms with Crippen LogP contribution in [-0.4, -0.2) is 33.2 Å². The number of nitrogens with zero attached hydrogens (tertiary/aromatic N) is 2. The van der Waals surface area contributed by atoms with Crippen molar-refractivity contribution in [1.29, 1.82) is 0 Å². The second-order valence-electron chi connectivity index (χ2n) is 7.58. The number of anilines is 1. The molecule has 0 aliphatic heterocycles. The van der Waals surface area contributed by atoms with Gasteiger partial charge in [-0.05, 0) is 45.7 Å². The van der Waals surface area contributed by atoms with Crippen LogP contribution in [0.2, 0.25) is 0 Å². The first-order valence-electron chi connectivity index (χ1n) is 9.55. The minimum absolute atomic E-state index is 0.0260. The topological polar surface area (TPSA) is 76.0 Å². The monoisotopic (exact) mass is 402 g/mol. The fourth-order valence-electron chi connectivity index (χ4n) is 2.76. The standard InChI is InChI=1S/C21H30N4O2S/c1-13(2)11-25-16(6)15(5)23-21(25)28-12-19(26)24-18-10-8-7-9-17(18)20(27)22-14(3)4/h7-10,13-14H,11-12H2,1-6H3,(H,22,27)(H,24,26). The molecule has 7 heteroatoms. The Balaban J connectivity index is 2.06. The molecule has 0 atom stereocenters. The molecule has 1 aromatic heterocycles. The van der Waals surface area contributed by atoms with Crippen LogP contribution < -0.4 is 10.6 Å². The second kappa shape index (κ2) is 9.78. The molecule has 6 nitrogen and oxygen atoms in total. The summed E-state index contributed by atoms with van der Waals surface area (Å²) < 4.78 is 2.17. The molecule has 0 saturated carbocycles. The summed E-state index contributed by atoms with van der Waals surface area (Å²) in [7, 11) is 0. The van der Waals surface area contributed by atoms with Crippen molar-refractivity contribution in [3.8, 4) is 0 Å². The van der Waals surface area contributed by atoms with E-state index in [1.807, 2.05) is 20.8 Å². The lowest BCUT2D eigenvalue weighted by molar-refractivity contribution is -0.113. The number of aromatic nitrogens is 2. The van der Waals surface area contributed by atoms with Crippen LogP contribution in [0.1, 0.15) is 49.4 Å². The Hall–Kier alpha value is -2.28. The van der Waals surface area contributed by atoms with Gasteiger partial charge in [0, 0.05) is 18.3 Å². The van der Waals surface area contributed by atoms with Gasteiger partial charge in [0.15, 0.2) is 5.16 Å². The summed E-state index contributed by atoms with van der Waals surface area (Å²) in [6, 6.07) is 7.07. The molecule has 152 valence electrons. The zero-order chi connectivity index (χ0) is 20.8. The second-order valence-corrected chi connectivity index (χ2v) is 8.52. The number of aryl methyl sites for hydroxylation is 1. The van der Waals surface area contributed by atoms with E-state index in [1.165, 1.54) is 11.8 Å². The van der Waals surface area contributed by atoms with Crippen molar-refractivity contribution in [2.75, 3.05) is 11.1 Å². The molecule has 28 heavy (non-hydrogen) atoms. The van der Waals surface area contributed by atoms with E-state index in [1.54, 1.807) is 24.3 Å². The third kappa shape index (κ3) is 5.86. The fourth-order valence-corrected chi connectivity index (χ4v) is 3.66. The highest BCUT2D eigenvalue weighted by atomic mass is 32.2. The Labute approximate surface area is 171 Å². The maximum atomic E-state index is 12.5. The summed E-state index contributed by atoms with van der Waals surface area (Å²) in [6.45, 7) is 13.0. The lowest BCUT2D eigenvalue weighted by Crippen LogP contribution is -2.31. The van der Waals surface area contributed by atoms with Gasteiger partial charge in [-0.25, -0.2) is 4.98 Å². The predicted molar refractivity (Wildman–Crippen MR) is 115 cm³/mol. The van der Waals surface area contributed by atoms with Crippen molar-refractivity contribution in [3.05, 3.63) is 41.2 Å². The van der Waals surface area contributed by atoms with Crippen molar-refractivity contribution in [3.63, 3.8) is 0 Å². The first-order valence-corrected chi connectivity index (χ1v) is 10.5. The summed E-state index contributed by atoms with van der Waals surface area (Å²) in [5, 5.41) is 6.57. The van der Waals surface area contributed by atoms with Crippen molar-refractivity contribution in [2.45, 2.75) is 59.3 Å². The Bertz CT molecular complexity index is 843. The molecule has 0 bridgehead atoms. The van der Waals surface area contributed by atoms with Crippen LogP contribution in [0.3, 0.4) is 0 Å². The molecule has 0 aliphatic rings. The zero-order valence-corrected chi connectivity index (χ0v) is 18.3. The summed E-state index contributed by atoms with van der Waals surface area (Å²) in [5.41, 5.74) is 3.10. The number of amides is 2. The zero-order valence-electron chi connectivity index (χ0n) is 17.5. The molecule has 1 heterocycles.